The molecule has 1 aromatic heterocycles. The van der Waals surface area contributed by atoms with Crippen molar-refractivity contribution in [3.63, 3.8) is 0 Å². The monoisotopic (exact) mass is 398 g/mol. The summed E-state index contributed by atoms with van der Waals surface area (Å²) in [6.07, 6.45) is 0. The second-order valence-corrected chi connectivity index (χ2v) is 6.70. The summed E-state index contributed by atoms with van der Waals surface area (Å²) >= 11 is 4.40. The Labute approximate surface area is 145 Å². The number of rotatable bonds is 5. The Bertz CT molecular complexity index is 760. The van der Waals surface area contributed by atoms with Crippen LogP contribution in [-0.2, 0) is 0 Å². The fourth-order valence-corrected chi connectivity index (χ4v) is 3.28. The lowest BCUT2D eigenvalue weighted by Crippen LogP contribution is -2.27. The summed E-state index contributed by atoms with van der Waals surface area (Å²) < 4.78 is 5.76. The number of halogens is 1. The van der Waals surface area contributed by atoms with E-state index in [0.717, 1.165) is 11.3 Å². The van der Waals surface area contributed by atoms with Gasteiger partial charge in [0.25, 0.3) is 5.91 Å². The second-order valence-electron chi connectivity index (χ2n) is 4.81. The van der Waals surface area contributed by atoms with Gasteiger partial charge in [-0.15, -0.1) is 11.3 Å². The molecule has 122 valence electrons. The SMILES string of the molecule is COc1ccc(Br)c(C(=O)NC(C)c2nc(C)c(C(=O)O)s2)c1. The molecule has 23 heavy (non-hydrogen) atoms. The molecule has 2 N–H and O–H groups in total. The average Bonchev–Trinajstić information content (AvgIpc) is 2.90. The first-order chi connectivity index (χ1) is 10.8. The second kappa shape index (κ2) is 7.10. The lowest BCUT2D eigenvalue weighted by Gasteiger charge is -2.13. The van der Waals surface area contributed by atoms with E-state index < -0.39 is 12.0 Å². The number of nitrogens with one attached hydrogen (secondary N) is 1. The van der Waals surface area contributed by atoms with Gasteiger partial charge in [0.2, 0.25) is 0 Å². The normalized spacial score (nSPS) is 11.8. The highest BCUT2D eigenvalue weighted by atomic mass is 79.9. The van der Waals surface area contributed by atoms with Gasteiger partial charge < -0.3 is 15.2 Å². The van der Waals surface area contributed by atoms with Crippen molar-refractivity contribution >= 4 is 39.1 Å². The third-order valence-electron chi connectivity index (χ3n) is 3.14. The lowest BCUT2D eigenvalue weighted by atomic mass is 10.2. The summed E-state index contributed by atoms with van der Waals surface area (Å²) in [6.45, 7) is 3.40. The van der Waals surface area contributed by atoms with E-state index >= 15 is 0 Å². The number of carbonyl (C=O) groups is 2. The van der Waals surface area contributed by atoms with Gasteiger partial charge in [0, 0.05) is 4.47 Å². The molecule has 0 bridgehead atoms. The number of benzene rings is 1. The first kappa shape index (κ1) is 17.4. The van der Waals surface area contributed by atoms with Crippen LogP contribution >= 0.6 is 27.3 Å². The Morgan fingerprint density at radius 3 is 2.70 bits per heavy atom. The van der Waals surface area contributed by atoms with E-state index in [1.807, 2.05) is 0 Å². The number of hydrogen-bond acceptors (Lipinski definition) is 5. The maximum absolute atomic E-state index is 12.4. The van der Waals surface area contributed by atoms with Crippen LogP contribution in [0, 0.1) is 6.92 Å². The predicted octanol–water partition coefficient (Wildman–Crippen LogP) is 3.41. The number of hydrogen-bond donors (Lipinski definition) is 2. The Hall–Kier alpha value is -1.93. The van der Waals surface area contributed by atoms with Gasteiger partial charge in [-0.3, -0.25) is 4.79 Å². The van der Waals surface area contributed by atoms with Gasteiger partial charge in [0.05, 0.1) is 24.4 Å². The van der Waals surface area contributed by atoms with E-state index in [0.29, 0.717) is 26.5 Å². The topological polar surface area (TPSA) is 88.5 Å². The predicted molar refractivity (Wildman–Crippen MR) is 90.4 cm³/mol. The molecular weight excluding hydrogens is 384 g/mol. The number of carbonyl (C=O) groups excluding carboxylic acids is 1. The molecule has 2 rings (SSSR count). The zero-order chi connectivity index (χ0) is 17.1. The van der Waals surface area contributed by atoms with E-state index in [1.54, 1.807) is 32.0 Å². The fourth-order valence-electron chi connectivity index (χ4n) is 1.94. The summed E-state index contributed by atoms with van der Waals surface area (Å²) in [4.78, 5) is 27.9. The molecule has 0 aliphatic carbocycles. The van der Waals surface area contributed by atoms with Crippen LogP contribution in [0.15, 0.2) is 22.7 Å². The highest BCUT2D eigenvalue weighted by Crippen LogP contribution is 2.26. The van der Waals surface area contributed by atoms with Crippen LogP contribution in [0.3, 0.4) is 0 Å². The van der Waals surface area contributed by atoms with Crippen molar-refractivity contribution in [3.05, 3.63) is 43.8 Å². The molecule has 0 saturated carbocycles. The maximum Gasteiger partial charge on any atom is 0.347 e. The smallest absolute Gasteiger partial charge is 0.347 e. The van der Waals surface area contributed by atoms with E-state index in [1.165, 1.54) is 7.11 Å². The highest BCUT2D eigenvalue weighted by Gasteiger charge is 2.20. The molecule has 2 aromatic rings. The van der Waals surface area contributed by atoms with Crippen molar-refractivity contribution in [1.29, 1.82) is 0 Å². The zero-order valence-electron chi connectivity index (χ0n) is 12.7. The quantitative estimate of drug-likeness (QED) is 0.805. The van der Waals surface area contributed by atoms with Gasteiger partial charge in [-0.05, 0) is 48.0 Å². The Kier molecular flexibility index (Phi) is 5.38. The van der Waals surface area contributed by atoms with Crippen molar-refractivity contribution < 1.29 is 19.4 Å². The van der Waals surface area contributed by atoms with Gasteiger partial charge in [0.1, 0.15) is 15.6 Å². The van der Waals surface area contributed by atoms with E-state index in [4.69, 9.17) is 9.84 Å². The molecule has 1 aromatic carbocycles. The minimum atomic E-state index is -1.01. The van der Waals surface area contributed by atoms with E-state index in [-0.39, 0.29) is 10.8 Å². The van der Waals surface area contributed by atoms with Crippen LogP contribution in [0.4, 0.5) is 0 Å². The zero-order valence-corrected chi connectivity index (χ0v) is 15.1. The minimum absolute atomic E-state index is 0.184. The molecule has 8 heteroatoms. The molecule has 1 heterocycles. The highest BCUT2D eigenvalue weighted by molar-refractivity contribution is 9.10. The van der Waals surface area contributed by atoms with Crippen molar-refractivity contribution in [1.82, 2.24) is 10.3 Å². The van der Waals surface area contributed by atoms with Crippen molar-refractivity contribution in [2.24, 2.45) is 0 Å². The van der Waals surface area contributed by atoms with Crippen LogP contribution in [0.5, 0.6) is 5.75 Å². The van der Waals surface area contributed by atoms with Crippen LogP contribution in [0.2, 0.25) is 0 Å². The largest absolute Gasteiger partial charge is 0.497 e. The van der Waals surface area contributed by atoms with Crippen LogP contribution < -0.4 is 10.1 Å². The van der Waals surface area contributed by atoms with Gasteiger partial charge in [-0.1, -0.05) is 0 Å². The molecule has 1 unspecified atom stereocenters. The molecule has 1 amide bonds. The third kappa shape index (κ3) is 3.89. The standard InChI is InChI=1S/C15H15BrN2O4S/c1-7-12(15(20)21)23-14(18-7)8(2)17-13(19)10-6-9(22-3)4-5-11(10)16/h4-6,8H,1-3H3,(H,17,19)(H,20,21). The molecule has 0 aliphatic rings. The van der Waals surface area contributed by atoms with Crippen LogP contribution in [-0.4, -0.2) is 29.1 Å². The summed E-state index contributed by atoms with van der Waals surface area (Å²) in [5, 5.41) is 12.4. The van der Waals surface area contributed by atoms with Gasteiger partial charge in [-0.25, -0.2) is 9.78 Å². The fraction of sp³-hybridized carbons (Fsp3) is 0.267. The molecular formula is C15H15BrN2O4S. The molecule has 0 saturated heterocycles. The van der Waals surface area contributed by atoms with Crippen molar-refractivity contribution in [3.8, 4) is 5.75 Å². The first-order valence-corrected chi connectivity index (χ1v) is 8.29. The molecule has 6 nitrogen and oxygen atoms in total. The number of aryl methyl sites for hydroxylation is 1. The number of methoxy groups -OCH3 is 1. The van der Waals surface area contributed by atoms with E-state index in [9.17, 15) is 9.59 Å². The Morgan fingerprint density at radius 2 is 2.13 bits per heavy atom. The lowest BCUT2D eigenvalue weighted by molar-refractivity contribution is 0.0701. The van der Waals surface area contributed by atoms with Crippen molar-refractivity contribution in [2.75, 3.05) is 7.11 Å². The van der Waals surface area contributed by atoms with Gasteiger partial charge >= 0.3 is 5.97 Å². The molecule has 0 aliphatic heterocycles. The summed E-state index contributed by atoms with van der Waals surface area (Å²) in [7, 11) is 1.53. The molecule has 0 spiro atoms. The van der Waals surface area contributed by atoms with Crippen LogP contribution in [0.25, 0.3) is 0 Å². The van der Waals surface area contributed by atoms with E-state index in [2.05, 4.69) is 26.2 Å². The molecule has 0 fully saturated rings. The number of ether oxygens (including phenoxy) is 1. The number of aromatic carboxylic acids is 1. The number of amides is 1. The summed E-state index contributed by atoms with van der Waals surface area (Å²) in [5.74, 6) is -0.738. The Morgan fingerprint density at radius 1 is 1.43 bits per heavy atom. The van der Waals surface area contributed by atoms with Crippen molar-refractivity contribution in [2.45, 2.75) is 19.9 Å². The first-order valence-electron chi connectivity index (χ1n) is 6.68. The number of thiazole rings is 1. The third-order valence-corrected chi connectivity index (χ3v) is 5.16. The number of carboxylic acid groups (broad SMARTS) is 1. The molecule has 0 radical (unpaired) electrons. The average molecular weight is 399 g/mol. The number of nitrogens with zero attached hydrogens (tertiary/aromatic N) is 1. The summed E-state index contributed by atoms with van der Waals surface area (Å²) in [5.41, 5.74) is 0.879. The summed E-state index contributed by atoms with van der Waals surface area (Å²) in [6, 6.07) is 4.70. The maximum atomic E-state index is 12.4. The van der Waals surface area contributed by atoms with Crippen LogP contribution in [0.1, 0.15) is 43.7 Å². The minimum Gasteiger partial charge on any atom is -0.497 e. The van der Waals surface area contributed by atoms with Gasteiger partial charge in [-0.2, -0.15) is 0 Å². The van der Waals surface area contributed by atoms with Gasteiger partial charge in [0.15, 0.2) is 0 Å². The molecule has 1 atom stereocenters. The Balaban J connectivity index is 2.20. The number of aromatic nitrogens is 1. The number of carboxylic acids is 1.